The van der Waals surface area contributed by atoms with Gasteiger partial charge in [-0.2, -0.15) is 0 Å². The molecule has 0 aromatic heterocycles. The lowest BCUT2D eigenvalue weighted by Gasteiger charge is -2.39. The first kappa shape index (κ1) is 31.1. The fourth-order valence-corrected chi connectivity index (χ4v) is 9.80. The van der Waals surface area contributed by atoms with Crippen LogP contribution in [-0.4, -0.2) is 63.5 Å². The molecular formula is C36H36ClN3O4S. The maximum atomic E-state index is 14.9. The molecule has 6 atom stereocenters. The highest BCUT2D eigenvalue weighted by Gasteiger charge is 2.74. The van der Waals surface area contributed by atoms with Gasteiger partial charge in [0, 0.05) is 34.7 Å². The molecule has 45 heavy (non-hydrogen) atoms. The van der Waals surface area contributed by atoms with Crippen LogP contribution < -0.4 is 9.80 Å². The van der Waals surface area contributed by atoms with Crippen LogP contribution in [0, 0.1) is 11.8 Å². The molecule has 3 aromatic rings. The molecular weight excluding hydrogens is 606 g/mol. The molecule has 232 valence electrons. The summed E-state index contributed by atoms with van der Waals surface area (Å²) in [4.78, 5) is 49.2. The smallest absolute Gasteiger partial charge is 0.251 e. The Morgan fingerprint density at radius 1 is 0.933 bits per heavy atom. The fraction of sp³-hybridized carbons (Fsp3) is 0.306. The third kappa shape index (κ3) is 5.29. The number of benzene rings is 3. The number of amides is 3. The molecule has 3 aliphatic rings. The highest BCUT2D eigenvalue weighted by Crippen LogP contribution is 2.67. The van der Waals surface area contributed by atoms with Crippen LogP contribution in [0.4, 0.5) is 11.4 Å². The lowest BCUT2D eigenvalue weighted by molar-refractivity contribution is -0.142. The molecule has 2 unspecified atom stereocenters. The van der Waals surface area contributed by atoms with Gasteiger partial charge in [-0.05, 0) is 54.8 Å². The summed E-state index contributed by atoms with van der Waals surface area (Å²) in [5, 5.41) is 11.2. The molecule has 0 saturated carbocycles. The summed E-state index contributed by atoms with van der Waals surface area (Å²) in [6.45, 7) is 7.91. The highest BCUT2D eigenvalue weighted by atomic mass is 35.5. The maximum absolute atomic E-state index is 14.9. The van der Waals surface area contributed by atoms with Gasteiger partial charge in [-0.3, -0.25) is 14.4 Å². The van der Waals surface area contributed by atoms with Gasteiger partial charge in [-0.25, -0.2) is 0 Å². The Morgan fingerprint density at radius 2 is 1.51 bits per heavy atom. The van der Waals surface area contributed by atoms with Crippen molar-refractivity contribution in [1.29, 1.82) is 0 Å². The van der Waals surface area contributed by atoms with Crippen molar-refractivity contribution in [1.82, 2.24) is 4.90 Å². The largest absolute Gasteiger partial charge is 0.394 e. The van der Waals surface area contributed by atoms with Crippen LogP contribution in [-0.2, 0) is 14.4 Å². The minimum atomic E-state index is -0.916. The number of thioether (sulfide) groups is 1. The van der Waals surface area contributed by atoms with E-state index in [-0.39, 0.29) is 36.1 Å². The van der Waals surface area contributed by atoms with E-state index in [4.69, 9.17) is 11.6 Å². The number of carbonyl (C=O) groups excluding carboxylic acids is 3. The number of nitrogens with zero attached hydrogens (tertiary/aromatic N) is 3. The van der Waals surface area contributed by atoms with E-state index in [1.165, 1.54) is 0 Å². The van der Waals surface area contributed by atoms with Crippen molar-refractivity contribution in [2.45, 2.75) is 34.9 Å². The van der Waals surface area contributed by atoms with Crippen LogP contribution in [0.2, 0.25) is 5.02 Å². The van der Waals surface area contributed by atoms with Gasteiger partial charge in [0.2, 0.25) is 11.8 Å². The van der Waals surface area contributed by atoms with E-state index < -0.39 is 28.7 Å². The lowest BCUT2D eigenvalue weighted by atomic mass is 9.70. The number of carbonyl (C=O) groups is 3. The van der Waals surface area contributed by atoms with Gasteiger partial charge in [-0.15, -0.1) is 24.9 Å². The summed E-state index contributed by atoms with van der Waals surface area (Å²) in [5.74, 6) is -2.05. The van der Waals surface area contributed by atoms with E-state index in [9.17, 15) is 19.5 Å². The third-order valence-corrected chi connectivity index (χ3v) is 11.5. The van der Waals surface area contributed by atoms with Crippen molar-refractivity contribution < 1.29 is 19.5 Å². The first-order chi connectivity index (χ1) is 21.9. The zero-order valence-corrected chi connectivity index (χ0v) is 26.4. The average Bonchev–Trinajstić information content (AvgIpc) is 3.71. The summed E-state index contributed by atoms with van der Waals surface area (Å²) in [6, 6.07) is 24.0. The number of para-hydroxylation sites is 1. The molecule has 3 saturated heterocycles. The zero-order valence-electron chi connectivity index (χ0n) is 24.9. The minimum Gasteiger partial charge on any atom is -0.394 e. The number of fused-ring (bicyclic) bond motifs is 1. The summed E-state index contributed by atoms with van der Waals surface area (Å²) < 4.78 is -0.844. The molecule has 0 radical (unpaired) electrons. The van der Waals surface area contributed by atoms with Gasteiger partial charge in [0.1, 0.15) is 6.04 Å². The van der Waals surface area contributed by atoms with E-state index in [0.717, 1.165) is 11.3 Å². The Hall–Kier alpha value is -3.85. The average molecular weight is 642 g/mol. The number of aliphatic hydroxyl groups is 1. The Labute approximate surface area is 273 Å². The Morgan fingerprint density at radius 3 is 2.11 bits per heavy atom. The monoisotopic (exact) mass is 641 g/mol. The van der Waals surface area contributed by atoms with Crippen LogP contribution in [0.25, 0.3) is 0 Å². The quantitative estimate of drug-likeness (QED) is 0.264. The Bertz CT molecular complexity index is 1590. The predicted octanol–water partition coefficient (Wildman–Crippen LogP) is 5.90. The van der Waals surface area contributed by atoms with Crippen LogP contribution >= 0.6 is 23.4 Å². The van der Waals surface area contributed by atoms with Gasteiger partial charge in [0.05, 0.1) is 29.2 Å². The number of halogens is 1. The van der Waals surface area contributed by atoms with Crippen LogP contribution in [0.5, 0.6) is 0 Å². The third-order valence-electron chi connectivity index (χ3n) is 9.31. The molecule has 1 N–H and O–H groups in total. The lowest BCUT2D eigenvalue weighted by Crippen LogP contribution is -2.56. The van der Waals surface area contributed by atoms with Crippen molar-refractivity contribution in [2.24, 2.45) is 11.8 Å². The van der Waals surface area contributed by atoms with Gasteiger partial charge >= 0.3 is 0 Å². The van der Waals surface area contributed by atoms with Crippen molar-refractivity contribution >= 4 is 52.5 Å². The summed E-state index contributed by atoms with van der Waals surface area (Å²) in [6.07, 6.45) is 4.66. The molecule has 3 amide bonds. The summed E-state index contributed by atoms with van der Waals surface area (Å²) in [5.41, 5.74) is 2.09. The van der Waals surface area contributed by atoms with Gasteiger partial charge in [0.15, 0.2) is 0 Å². The molecule has 0 aliphatic carbocycles. The Balaban J connectivity index is 1.47. The molecule has 3 heterocycles. The van der Waals surface area contributed by atoms with Crippen molar-refractivity contribution in [3.05, 3.63) is 121 Å². The predicted molar refractivity (Wildman–Crippen MR) is 180 cm³/mol. The van der Waals surface area contributed by atoms with Crippen LogP contribution in [0.3, 0.4) is 0 Å². The van der Waals surface area contributed by atoms with E-state index in [1.807, 2.05) is 60.7 Å². The van der Waals surface area contributed by atoms with E-state index in [1.54, 1.807) is 62.9 Å². The maximum Gasteiger partial charge on any atom is 0.251 e. The van der Waals surface area contributed by atoms with Crippen LogP contribution in [0.1, 0.15) is 24.4 Å². The Kier molecular flexibility index (Phi) is 8.91. The second kappa shape index (κ2) is 12.9. The van der Waals surface area contributed by atoms with Crippen molar-refractivity contribution in [3.8, 4) is 0 Å². The van der Waals surface area contributed by atoms with E-state index in [0.29, 0.717) is 30.1 Å². The number of hydrogen-bond acceptors (Lipinski definition) is 5. The number of aliphatic hydroxyl groups excluding tert-OH is 1. The van der Waals surface area contributed by atoms with E-state index in [2.05, 4.69) is 13.2 Å². The first-order valence-corrected chi connectivity index (χ1v) is 16.4. The SMILES string of the molecule is C=CCN(C(=O)C1N([C@H](CO)c2ccccc2)C(=O)[C@@H]2[C@H](C(=O)N(CC=C)c3ccccc3)[C@@H]3CCC12S3)c1ccc(Cl)cc1. The second-order valence-corrected chi connectivity index (χ2v) is 13.7. The molecule has 2 bridgehead atoms. The minimum absolute atomic E-state index is 0.118. The summed E-state index contributed by atoms with van der Waals surface area (Å²) >= 11 is 7.79. The number of rotatable bonds is 11. The van der Waals surface area contributed by atoms with Crippen molar-refractivity contribution in [3.63, 3.8) is 0 Å². The second-order valence-electron chi connectivity index (χ2n) is 11.7. The molecule has 9 heteroatoms. The molecule has 3 aliphatic heterocycles. The standard InChI is InChI=1S/C36H36ClN3O4S/c1-3-21-38(26-13-9-6-10-14-26)33(42)30-29-19-20-36(45-29)31(30)34(43)40(28(23-41)24-11-7-5-8-12-24)32(36)35(44)39(22-4-2)27-17-15-25(37)16-18-27/h3-18,28-32,41H,1-2,19-23H2/t28-,29+,30-,31+,32?,36?/m1/s1. The van der Waals surface area contributed by atoms with Crippen molar-refractivity contribution in [2.75, 3.05) is 29.5 Å². The molecule has 3 fully saturated rings. The number of likely N-dealkylation sites (tertiary alicyclic amines) is 1. The molecule has 1 spiro atoms. The van der Waals surface area contributed by atoms with E-state index >= 15 is 0 Å². The zero-order chi connectivity index (χ0) is 31.7. The van der Waals surface area contributed by atoms with Gasteiger partial charge in [0.25, 0.3) is 5.91 Å². The van der Waals surface area contributed by atoms with Gasteiger partial charge < -0.3 is 19.8 Å². The fourth-order valence-electron chi connectivity index (χ4n) is 7.48. The van der Waals surface area contributed by atoms with Crippen LogP contribution in [0.15, 0.2) is 110 Å². The normalized spacial score (nSPS) is 25.5. The molecule has 6 rings (SSSR count). The molecule has 3 aromatic carbocycles. The number of anilines is 2. The van der Waals surface area contributed by atoms with Gasteiger partial charge in [-0.1, -0.05) is 72.3 Å². The topological polar surface area (TPSA) is 81.2 Å². The first-order valence-electron chi connectivity index (χ1n) is 15.2. The summed E-state index contributed by atoms with van der Waals surface area (Å²) in [7, 11) is 0. The highest BCUT2D eigenvalue weighted by molar-refractivity contribution is 8.02. The molecule has 7 nitrogen and oxygen atoms in total. The number of hydrogen-bond donors (Lipinski definition) is 1.